The number of halogens is 1. The van der Waals surface area contributed by atoms with Crippen LogP contribution in [-0.4, -0.2) is 0 Å². The molecule has 0 N–H and O–H groups in total. The topological polar surface area (TPSA) is 30.2 Å². The van der Waals surface area contributed by atoms with Crippen LogP contribution in [0.25, 0.3) is 10.8 Å². The standard InChI is InChI=1S/C10H7BrO2/c1-6-9-5-8(11)3-2-7(9)4-10(12)13-6/h2-5H,1H3. The van der Waals surface area contributed by atoms with Crippen LogP contribution in [0.2, 0.25) is 0 Å². The Balaban J connectivity index is 2.95. The van der Waals surface area contributed by atoms with Crippen molar-refractivity contribution in [3.05, 3.63) is 44.9 Å². The Morgan fingerprint density at radius 1 is 1.31 bits per heavy atom. The van der Waals surface area contributed by atoms with Crippen LogP contribution in [0.5, 0.6) is 0 Å². The minimum absolute atomic E-state index is 0.299. The highest BCUT2D eigenvalue weighted by Gasteiger charge is 2.01. The lowest BCUT2D eigenvalue weighted by Gasteiger charge is -1.99. The van der Waals surface area contributed by atoms with Crippen molar-refractivity contribution in [2.75, 3.05) is 0 Å². The normalized spacial score (nSPS) is 10.6. The highest BCUT2D eigenvalue weighted by atomic mass is 79.9. The smallest absolute Gasteiger partial charge is 0.336 e. The molecule has 0 amide bonds. The maximum atomic E-state index is 11.0. The van der Waals surface area contributed by atoms with Crippen LogP contribution in [-0.2, 0) is 0 Å². The Morgan fingerprint density at radius 3 is 2.85 bits per heavy atom. The average molecular weight is 239 g/mol. The van der Waals surface area contributed by atoms with Crippen molar-refractivity contribution in [2.45, 2.75) is 6.92 Å². The molecule has 1 aromatic heterocycles. The van der Waals surface area contributed by atoms with Gasteiger partial charge in [0.2, 0.25) is 0 Å². The first-order chi connectivity index (χ1) is 6.16. The van der Waals surface area contributed by atoms with Crippen LogP contribution in [0.3, 0.4) is 0 Å². The van der Waals surface area contributed by atoms with Gasteiger partial charge in [0.05, 0.1) is 0 Å². The second kappa shape index (κ2) is 3.00. The van der Waals surface area contributed by atoms with Crippen molar-refractivity contribution in [1.29, 1.82) is 0 Å². The summed E-state index contributed by atoms with van der Waals surface area (Å²) in [5.74, 6) is 0.656. The Kier molecular flexibility index (Phi) is 1.96. The fourth-order valence-corrected chi connectivity index (χ4v) is 1.68. The zero-order valence-electron chi connectivity index (χ0n) is 7.00. The van der Waals surface area contributed by atoms with E-state index in [-0.39, 0.29) is 5.63 Å². The maximum absolute atomic E-state index is 11.0. The number of rotatable bonds is 0. The zero-order valence-corrected chi connectivity index (χ0v) is 8.59. The summed E-state index contributed by atoms with van der Waals surface area (Å²) in [6.45, 7) is 1.79. The molecular formula is C10H7BrO2. The highest BCUT2D eigenvalue weighted by Crippen LogP contribution is 2.20. The minimum Gasteiger partial charge on any atom is -0.428 e. The van der Waals surface area contributed by atoms with Gasteiger partial charge in [-0.15, -0.1) is 0 Å². The average Bonchev–Trinajstić information content (AvgIpc) is 2.06. The van der Waals surface area contributed by atoms with E-state index in [9.17, 15) is 4.79 Å². The van der Waals surface area contributed by atoms with Crippen LogP contribution >= 0.6 is 15.9 Å². The van der Waals surface area contributed by atoms with E-state index in [1.54, 1.807) is 6.92 Å². The van der Waals surface area contributed by atoms with E-state index < -0.39 is 0 Å². The Labute approximate surface area is 83.3 Å². The van der Waals surface area contributed by atoms with Gasteiger partial charge in [0, 0.05) is 15.9 Å². The molecule has 3 heteroatoms. The fourth-order valence-electron chi connectivity index (χ4n) is 1.32. The van der Waals surface area contributed by atoms with E-state index in [2.05, 4.69) is 15.9 Å². The summed E-state index contributed by atoms with van der Waals surface area (Å²) in [6, 6.07) is 7.23. The minimum atomic E-state index is -0.299. The lowest BCUT2D eigenvalue weighted by atomic mass is 10.1. The molecular weight excluding hydrogens is 232 g/mol. The van der Waals surface area contributed by atoms with E-state index in [0.717, 1.165) is 15.2 Å². The van der Waals surface area contributed by atoms with Gasteiger partial charge in [-0.05, 0) is 24.4 Å². The van der Waals surface area contributed by atoms with Crippen molar-refractivity contribution in [2.24, 2.45) is 0 Å². The second-order valence-corrected chi connectivity index (χ2v) is 3.77. The summed E-state index contributed by atoms with van der Waals surface area (Å²) in [6.07, 6.45) is 0. The SMILES string of the molecule is Cc1oc(=O)cc2ccc(Br)cc12. The first-order valence-corrected chi connectivity index (χ1v) is 4.66. The summed E-state index contributed by atoms with van der Waals surface area (Å²) in [5, 5.41) is 1.88. The number of hydrogen-bond acceptors (Lipinski definition) is 2. The van der Waals surface area contributed by atoms with Crippen LogP contribution < -0.4 is 5.63 Å². The third-order valence-electron chi connectivity index (χ3n) is 1.92. The molecule has 2 aromatic rings. The molecule has 0 spiro atoms. The molecule has 0 aliphatic rings. The molecule has 0 saturated carbocycles. The van der Waals surface area contributed by atoms with Gasteiger partial charge in [0.1, 0.15) is 5.76 Å². The molecule has 0 aliphatic carbocycles. The lowest BCUT2D eigenvalue weighted by molar-refractivity contribution is 0.488. The quantitative estimate of drug-likeness (QED) is 0.707. The van der Waals surface area contributed by atoms with E-state index in [1.807, 2.05) is 18.2 Å². The van der Waals surface area contributed by atoms with Gasteiger partial charge in [0.15, 0.2) is 0 Å². The zero-order chi connectivity index (χ0) is 9.42. The van der Waals surface area contributed by atoms with Crippen LogP contribution in [0.15, 0.2) is 37.9 Å². The van der Waals surface area contributed by atoms with Crippen molar-refractivity contribution < 1.29 is 4.42 Å². The van der Waals surface area contributed by atoms with E-state index in [0.29, 0.717) is 5.76 Å². The summed E-state index contributed by atoms with van der Waals surface area (Å²) in [5.41, 5.74) is -0.299. The van der Waals surface area contributed by atoms with E-state index >= 15 is 0 Å². The molecule has 1 heterocycles. The van der Waals surface area contributed by atoms with Gasteiger partial charge < -0.3 is 4.42 Å². The van der Waals surface area contributed by atoms with Gasteiger partial charge in [-0.2, -0.15) is 0 Å². The molecule has 0 unspecified atom stereocenters. The predicted molar refractivity (Wildman–Crippen MR) is 54.9 cm³/mol. The number of fused-ring (bicyclic) bond motifs is 1. The Bertz CT molecular complexity index is 514. The largest absolute Gasteiger partial charge is 0.428 e. The molecule has 66 valence electrons. The molecule has 0 bridgehead atoms. The Morgan fingerprint density at radius 2 is 2.08 bits per heavy atom. The van der Waals surface area contributed by atoms with Crippen LogP contribution in [0.1, 0.15) is 5.76 Å². The van der Waals surface area contributed by atoms with Crippen molar-refractivity contribution in [3.8, 4) is 0 Å². The second-order valence-electron chi connectivity index (χ2n) is 2.85. The van der Waals surface area contributed by atoms with Gasteiger partial charge in [0.25, 0.3) is 0 Å². The first kappa shape index (κ1) is 8.51. The van der Waals surface area contributed by atoms with Crippen molar-refractivity contribution in [3.63, 3.8) is 0 Å². The van der Waals surface area contributed by atoms with Gasteiger partial charge in [-0.1, -0.05) is 22.0 Å². The molecule has 0 atom stereocenters. The predicted octanol–water partition coefficient (Wildman–Crippen LogP) is 2.86. The summed E-state index contributed by atoms with van der Waals surface area (Å²) < 4.78 is 5.95. The highest BCUT2D eigenvalue weighted by molar-refractivity contribution is 9.10. The molecule has 1 aromatic carbocycles. The summed E-state index contributed by atoms with van der Waals surface area (Å²) in [4.78, 5) is 11.0. The number of aryl methyl sites for hydroxylation is 1. The summed E-state index contributed by atoms with van der Waals surface area (Å²) >= 11 is 3.37. The van der Waals surface area contributed by atoms with Gasteiger partial charge in [-0.25, -0.2) is 4.79 Å². The van der Waals surface area contributed by atoms with Crippen LogP contribution in [0, 0.1) is 6.92 Å². The Hall–Kier alpha value is -1.09. The van der Waals surface area contributed by atoms with Gasteiger partial charge >= 0.3 is 5.63 Å². The third kappa shape index (κ3) is 1.52. The molecule has 2 rings (SSSR count). The monoisotopic (exact) mass is 238 g/mol. The number of benzene rings is 1. The maximum Gasteiger partial charge on any atom is 0.336 e. The molecule has 0 saturated heterocycles. The number of hydrogen-bond donors (Lipinski definition) is 0. The lowest BCUT2D eigenvalue weighted by Crippen LogP contribution is -1.97. The van der Waals surface area contributed by atoms with E-state index in [4.69, 9.17) is 4.42 Å². The van der Waals surface area contributed by atoms with Crippen molar-refractivity contribution in [1.82, 2.24) is 0 Å². The molecule has 0 fully saturated rings. The van der Waals surface area contributed by atoms with Crippen molar-refractivity contribution >= 4 is 26.7 Å². The summed E-state index contributed by atoms with van der Waals surface area (Å²) in [7, 11) is 0. The molecule has 13 heavy (non-hydrogen) atoms. The molecule has 0 aliphatic heterocycles. The van der Waals surface area contributed by atoms with Crippen LogP contribution in [0.4, 0.5) is 0 Å². The van der Waals surface area contributed by atoms with E-state index in [1.165, 1.54) is 6.07 Å². The molecule has 0 radical (unpaired) electrons. The third-order valence-corrected chi connectivity index (χ3v) is 2.41. The first-order valence-electron chi connectivity index (χ1n) is 3.87. The van der Waals surface area contributed by atoms with Gasteiger partial charge in [-0.3, -0.25) is 0 Å². The molecule has 2 nitrogen and oxygen atoms in total. The fraction of sp³-hybridized carbons (Fsp3) is 0.100.